The van der Waals surface area contributed by atoms with Gasteiger partial charge in [0, 0.05) is 32.7 Å². The van der Waals surface area contributed by atoms with Crippen LogP contribution in [0.3, 0.4) is 0 Å². The Bertz CT molecular complexity index is 397. The maximum Gasteiger partial charge on any atom is 0.0869 e. The van der Waals surface area contributed by atoms with E-state index in [9.17, 15) is 5.11 Å². The standard InChI is InChI=1S/C16H26N2O2/c1-14-3-5-15(6-4-14)11-17-12-16(2,19)13-18-7-9-20-10-8-18/h3-6,17,19H,7-13H2,1-2H3. The van der Waals surface area contributed by atoms with Crippen LogP contribution in [0.2, 0.25) is 0 Å². The normalized spacial score (nSPS) is 19.8. The van der Waals surface area contributed by atoms with Crippen molar-refractivity contribution in [3.8, 4) is 0 Å². The van der Waals surface area contributed by atoms with E-state index >= 15 is 0 Å². The molecule has 1 saturated heterocycles. The predicted octanol–water partition coefficient (Wildman–Crippen LogP) is 1.17. The fourth-order valence-electron chi connectivity index (χ4n) is 2.48. The van der Waals surface area contributed by atoms with Gasteiger partial charge in [0.2, 0.25) is 0 Å². The van der Waals surface area contributed by atoms with E-state index in [2.05, 4.69) is 41.4 Å². The lowest BCUT2D eigenvalue weighted by atomic mass is 10.1. The lowest BCUT2D eigenvalue weighted by Gasteiger charge is -2.34. The number of hydrogen-bond acceptors (Lipinski definition) is 4. The summed E-state index contributed by atoms with van der Waals surface area (Å²) in [6, 6.07) is 8.48. The van der Waals surface area contributed by atoms with Gasteiger partial charge in [-0.2, -0.15) is 0 Å². The number of aliphatic hydroxyl groups is 1. The molecular weight excluding hydrogens is 252 g/mol. The predicted molar refractivity (Wildman–Crippen MR) is 80.8 cm³/mol. The third-order valence-corrected chi connectivity index (χ3v) is 3.62. The zero-order valence-electron chi connectivity index (χ0n) is 12.6. The van der Waals surface area contributed by atoms with Crippen LogP contribution >= 0.6 is 0 Å². The largest absolute Gasteiger partial charge is 0.388 e. The molecule has 112 valence electrons. The maximum absolute atomic E-state index is 10.4. The minimum absolute atomic E-state index is 0.595. The molecule has 1 aromatic carbocycles. The summed E-state index contributed by atoms with van der Waals surface area (Å²) in [7, 11) is 0. The number of rotatable bonds is 6. The number of nitrogens with zero attached hydrogens (tertiary/aromatic N) is 1. The second-order valence-corrected chi connectivity index (χ2v) is 5.97. The molecule has 2 rings (SSSR count). The van der Waals surface area contributed by atoms with E-state index in [1.165, 1.54) is 11.1 Å². The number of β-amino-alcohol motifs (C(OH)–C–C–N with tert-alkyl or cyclic N) is 1. The van der Waals surface area contributed by atoms with E-state index in [1.807, 2.05) is 6.92 Å². The molecule has 1 aliphatic heterocycles. The van der Waals surface area contributed by atoms with Crippen LogP contribution in [-0.2, 0) is 11.3 Å². The first-order chi connectivity index (χ1) is 9.55. The first-order valence-electron chi connectivity index (χ1n) is 7.34. The SMILES string of the molecule is Cc1ccc(CNCC(C)(O)CN2CCOCC2)cc1. The highest BCUT2D eigenvalue weighted by Crippen LogP contribution is 2.08. The molecule has 20 heavy (non-hydrogen) atoms. The van der Waals surface area contributed by atoms with Gasteiger partial charge in [0.25, 0.3) is 0 Å². The van der Waals surface area contributed by atoms with E-state index in [-0.39, 0.29) is 0 Å². The van der Waals surface area contributed by atoms with Crippen LogP contribution in [0.5, 0.6) is 0 Å². The number of ether oxygens (including phenoxy) is 1. The summed E-state index contributed by atoms with van der Waals surface area (Å²) >= 11 is 0. The van der Waals surface area contributed by atoms with Crippen LogP contribution in [0.25, 0.3) is 0 Å². The molecule has 1 unspecified atom stereocenters. The third kappa shape index (κ3) is 5.21. The summed E-state index contributed by atoms with van der Waals surface area (Å²) in [6.07, 6.45) is 0. The molecule has 1 atom stereocenters. The van der Waals surface area contributed by atoms with Crippen molar-refractivity contribution in [2.45, 2.75) is 26.0 Å². The molecule has 1 heterocycles. The van der Waals surface area contributed by atoms with Crippen molar-refractivity contribution in [2.24, 2.45) is 0 Å². The molecule has 0 aliphatic carbocycles. The minimum Gasteiger partial charge on any atom is -0.388 e. The summed E-state index contributed by atoms with van der Waals surface area (Å²) in [4.78, 5) is 2.26. The molecule has 4 nitrogen and oxygen atoms in total. The Morgan fingerprint density at radius 1 is 1.25 bits per heavy atom. The first kappa shape index (κ1) is 15.4. The Labute approximate surface area is 121 Å². The average molecular weight is 278 g/mol. The Morgan fingerprint density at radius 3 is 2.55 bits per heavy atom. The van der Waals surface area contributed by atoms with Crippen LogP contribution < -0.4 is 5.32 Å². The van der Waals surface area contributed by atoms with E-state index in [1.54, 1.807) is 0 Å². The average Bonchev–Trinajstić information content (AvgIpc) is 2.41. The number of benzene rings is 1. The highest BCUT2D eigenvalue weighted by Gasteiger charge is 2.24. The quantitative estimate of drug-likeness (QED) is 0.820. The zero-order valence-corrected chi connectivity index (χ0v) is 12.6. The number of nitrogens with one attached hydrogen (secondary N) is 1. The molecule has 1 aliphatic rings. The minimum atomic E-state index is -0.706. The van der Waals surface area contributed by atoms with Crippen LogP contribution in [0, 0.1) is 6.92 Å². The van der Waals surface area contributed by atoms with Crippen molar-refractivity contribution < 1.29 is 9.84 Å². The molecule has 4 heteroatoms. The Balaban J connectivity index is 1.72. The van der Waals surface area contributed by atoms with Crippen LogP contribution in [0.4, 0.5) is 0 Å². The van der Waals surface area contributed by atoms with Crippen LogP contribution in [-0.4, -0.2) is 55.0 Å². The van der Waals surface area contributed by atoms with E-state index in [0.29, 0.717) is 13.1 Å². The maximum atomic E-state index is 10.4. The lowest BCUT2D eigenvalue weighted by Crippen LogP contribution is -2.50. The molecule has 2 N–H and O–H groups in total. The van der Waals surface area contributed by atoms with Gasteiger partial charge < -0.3 is 15.2 Å². The molecule has 0 amide bonds. The fraction of sp³-hybridized carbons (Fsp3) is 0.625. The number of hydrogen-bond donors (Lipinski definition) is 2. The van der Waals surface area contributed by atoms with Crippen molar-refractivity contribution in [1.82, 2.24) is 10.2 Å². The second kappa shape index (κ2) is 7.18. The monoisotopic (exact) mass is 278 g/mol. The van der Waals surface area contributed by atoms with E-state index < -0.39 is 5.60 Å². The Morgan fingerprint density at radius 2 is 1.90 bits per heavy atom. The summed E-state index contributed by atoms with van der Waals surface area (Å²) in [5.41, 5.74) is 1.81. The van der Waals surface area contributed by atoms with Gasteiger partial charge >= 0.3 is 0 Å². The van der Waals surface area contributed by atoms with E-state index in [4.69, 9.17) is 4.74 Å². The van der Waals surface area contributed by atoms with Gasteiger partial charge in [0.15, 0.2) is 0 Å². The third-order valence-electron chi connectivity index (χ3n) is 3.62. The summed E-state index contributed by atoms with van der Waals surface area (Å²) < 4.78 is 5.32. The highest BCUT2D eigenvalue weighted by atomic mass is 16.5. The number of aryl methyl sites for hydroxylation is 1. The molecule has 0 spiro atoms. The molecule has 0 radical (unpaired) electrons. The molecule has 0 saturated carbocycles. The second-order valence-electron chi connectivity index (χ2n) is 5.97. The van der Waals surface area contributed by atoms with Gasteiger partial charge in [-0.05, 0) is 19.4 Å². The summed E-state index contributed by atoms with van der Waals surface area (Å²) in [6.45, 7) is 9.42. The van der Waals surface area contributed by atoms with Crippen molar-refractivity contribution in [3.05, 3.63) is 35.4 Å². The van der Waals surface area contributed by atoms with Gasteiger partial charge in [0.1, 0.15) is 0 Å². The number of morpholine rings is 1. The smallest absolute Gasteiger partial charge is 0.0869 e. The first-order valence-corrected chi connectivity index (χ1v) is 7.34. The molecule has 0 bridgehead atoms. The highest BCUT2D eigenvalue weighted by molar-refractivity contribution is 5.21. The molecule has 1 aromatic rings. The Kier molecular flexibility index (Phi) is 5.54. The van der Waals surface area contributed by atoms with Crippen LogP contribution in [0.15, 0.2) is 24.3 Å². The van der Waals surface area contributed by atoms with Crippen molar-refractivity contribution in [2.75, 3.05) is 39.4 Å². The molecule has 1 fully saturated rings. The van der Waals surface area contributed by atoms with Crippen molar-refractivity contribution >= 4 is 0 Å². The Hall–Kier alpha value is -0.940. The van der Waals surface area contributed by atoms with Gasteiger partial charge in [-0.3, -0.25) is 4.90 Å². The van der Waals surface area contributed by atoms with Crippen LogP contribution in [0.1, 0.15) is 18.1 Å². The fourth-order valence-corrected chi connectivity index (χ4v) is 2.48. The van der Waals surface area contributed by atoms with Gasteiger partial charge in [-0.1, -0.05) is 29.8 Å². The summed E-state index contributed by atoms with van der Waals surface area (Å²) in [5.74, 6) is 0. The topological polar surface area (TPSA) is 44.7 Å². The summed E-state index contributed by atoms with van der Waals surface area (Å²) in [5, 5.41) is 13.8. The molecule has 0 aromatic heterocycles. The zero-order chi connectivity index (χ0) is 14.4. The van der Waals surface area contributed by atoms with Crippen molar-refractivity contribution in [3.63, 3.8) is 0 Å². The van der Waals surface area contributed by atoms with Crippen molar-refractivity contribution in [1.29, 1.82) is 0 Å². The molecular formula is C16H26N2O2. The van der Waals surface area contributed by atoms with Gasteiger partial charge in [0.05, 0.1) is 18.8 Å². The van der Waals surface area contributed by atoms with Gasteiger partial charge in [-0.25, -0.2) is 0 Å². The van der Waals surface area contributed by atoms with E-state index in [0.717, 1.165) is 32.8 Å². The van der Waals surface area contributed by atoms with Gasteiger partial charge in [-0.15, -0.1) is 0 Å². The lowest BCUT2D eigenvalue weighted by molar-refractivity contribution is -0.0219.